The van der Waals surface area contributed by atoms with Gasteiger partial charge in [0.05, 0.1) is 0 Å². The number of carboxylic acids is 1. The Hall–Kier alpha value is -0.650. The third-order valence-electron chi connectivity index (χ3n) is 1.63. The van der Waals surface area contributed by atoms with E-state index in [2.05, 4.69) is 5.32 Å². The number of ether oxygens (including phenoxy) is 1. The van der Waals surface area contributed by atoms with Gasteiger partial charge in [-0.3, -0.25) is 0 Å². The van der Waals surface area contributed by atoms with Crippen molar-refractivity contribution in [3.05, 3.63) is 0 Å². The standard InChI is InChI=1S/C8H17NO4/c1-8(12,7(10)11)6-9-4-3-5-13-2/h9,12H,3-6H2,1-2H3,(H,10,11). The van der Waals surface area contributed by atoms with E-state index in [1.165, 1.54) is 6.92 Å². The maximum Gasteiger partial charge on any atom is 0.336 e. The van der Waals surface area contributed by atoms with Crippen molar-refractivity contribution in [1.82, 2.24) is 5.32 Å². The van der Waals surface area contributed by atoms with Crippen LogP contribution in [0.3, 0.4) is 0 Å². The Bertz CT molecular complexity index is 158. The highest BCUT2D eigenvalue weighted by Crippen LogP contribution is 2.00. The van der Waals surface area contributed by atoms with Gasteiger partial charge < -0.3 is 20.3 Å². The zero-order valence-electron chi connectivity index (χ0n) is 8.04. The molecule has 0 bridgehead atoms. The van der Waals surface area contributed by atoms with E-state index in [1.54, 1.807) is 7.11 Å². The van der Waals surface area contributed by atoms with Crippen LogP contribution >= 0.6 is 0 Å². The van der Waals surface area contributed by atoms with Crippen LogP contribution in [0.1, 0.15) is 13.3 Å². The number of carboxylic acid groups (broad SMARTS) is 1. The van der Waals surface area contributed by atoms with Gasteiger partial charge >= 0.3 is 5.97 Å². The lowest BCUT2D eigenvalue weighted by molar-refractivity contribution is -0.156. The number of aliphatic hydroxyl groups is 1. The Morgan fingerprint density at radius 2 is 2.23 bits per heavy atom. The van der Waals surface area contributed by atoms with E-state index in [0.717, 1.165) is 6.42 Å². The molecule has 0 aliphatic rings. The molecule has 3 N–H and O–H groups in total. The Labute approximate surface area is 77.7 Å². The summed E-state index contributed by atoms with van der Waals surface area (Å²) in [7, 11) is 1.60. The van der Waals surface area contributed by atoms with Crippen molar-refractivity contribution >= 4 is 5.97 Å². The first-order valence-corrected chi connectivity index (χ1v) is 4.16. The van der Waals surface area contributed by atoms with E-state index in [1.807, 2.05) is 0 Å². The van der Waals surface area contributed by atoms with Crippen LogP contribution < -0.4 is 5.32 Å². The van der Waals surface area contributed by atoms with Crippen LogP contribution in [0.2, 0.25) is 0 Å². The monoisotopic (exact) mass is 191 g/mol. The van der Waals surface area contributed by atoms with Crippen LogP contribution in [0.4, 0.5) is 0 Å². The molecule has 5 heteroatoms. The molecule has 0 radical (unpaired) electrons. The summed E-state index contributed by atoms with van der Waals surface area (Å²) < 4.78 is 4.80. The van der Waals surface area contributed by atoms with E-state index < -0.39 is 11.6 Å². The smallest absolute Gasteiger partial charge is 0.336 e. The number of methoxy groups -OCH3 is 1. The molecule has 13 heavy (non-hydrogen) atoms. The van der Waals surface area contributed by atoms with Gasteiger partial charge in [0.1, 0.15) is 0 Å². The molecule has 0 amide bonds. The number of nitrogens with one attached hydrogen (secondary N) is 1. The second-order valence-electron chi connectivity index (χ2n) is 3.10. The Kier molecular flexibility index (Phi) is 5.61. The Morgan fingerprint density at radius 3 is 2.69 bits per heavy atom. The summed E-state index contributed by atoms with van der Waals surface area (Å²) in [4.78, 5) is 10.4. The highest BCUT2D eigenvalue weighted by Gasteiger charge is 2.28. The molecule has 0 aliphatic carbocycles. The molecular weight excluding hydrogens is 174 g/mol. The van der Waals surface area contributed by atoms with Crippen molar-refractivity contribution in [2.75, 3.05) is 26.8 Å². The molecule has 0 aromatic heterocycles. The first-order valence-electron chi connectivity index (χ1n) is 4.16. The number of rotatable bonds is 7. The molecule has 0 aliphatic heterocycles. The summed E-state index contributed by atoms with van der Waals surface area (Å²) in [6.07, 6.45) is 0.798. The minimum absolute atomic E-state index is 0.0477. The van der Waals surface area contributed by atoms with Gasteiger partial charge in [-0.2, -0.15) is 0 Å². The van der Waals surface area contributed by atoms with Crippen molar-refractivity contribution in [2.45, 2.75) is 18.9 Å². The van der Waals surface area contributed by atoms with Gasteiger partial charge in [0.15, 0.2) is 5.60 Å². The Morgan fingerprint density at radius 1 is 1.62 bits per heavy atom. The zero-order chi connectivity index (χ0) is 10.3. The van der Waals surface area contributed by atoms with Gasteiger partial charge in [-0.1, -0.05) is 0 Å². The summed E-state index contributed by atoms with van der Waals surface area (Å²) in [6, 6.07) is 0. The number of carbonyl (C=O) groups is 1. The molecule has 0 rings (SSSR count). The van der Waals surface area contributed by atoms with Crippen LogP contribution in [-0.4, -0.2) is 48.6 Å². The minimum Gasteiger partial charge on any atom is -0.479 e. The molecule has 0 heterocycles. The van der Waals surface area contributed by atoms with Crippen molar-refractivity contribution in [3.8, 4) is 0 Å². The van der Waals surface area contributed by atoms with E-state index >= 15 is 0 Å². The number of hydrogen-bond donors (Lipinski definition) is 3. The summed E-state index contributed by atoms with van der Waals surface area (Å²) in [6.45, 7) is 2.57. The van der Waals surface area contributed by atoms with Gasteiger partial charge in [0.25, 0.3) is 0 Å². The molecule has 0 aromatic carbocycles. The predicted molar refractivity (Wildman–Crippen MR) is 47.6 cm³/mol. The zero-order valence-corrected chi connectivity index (χ0v) is 8.04. The molecule has 0 saturated carbocycles. The SMILES string of the molecule is COCCCNCC(C)(O)C(=O)O. The summed E-state index contributed by atoms with van der Waals surface area (Å²) in [5, 5.41) is 20.6. The first-order chi connectivity index (χ1) is 6.00. The second-order valence-corrected chi connectivity index (χ2v) is 3.10. The van der Waals surface area contributed by atoms with E-state index in [9.17, 15) is 9.90 Å². The fraction of sp³-hybridized carbons (Fsp3) is 0.875. The predicted octanol–water partition coefficient (Wildman–Crippen LogP) is -0.552. The van der Waals surface area contributed by atoms with E-state index in [4.69, 9.17) is 9.84 Å². The van der Waals surface area contributed by atoms with Gasteiger partial charge in [-0.15, -0.1) is 0 Å². The first kappa shape index (κ1) is 12.3. The molecule has 0 fully saturated rings. The third kappa shape index (κ3) is 5.57. The van der Waals surface area contributed by atoms with Crippen molar-refractivity contribution in [1.29, 1.82) is 0 Å². The van der Waals surface area contributed by atoms with E-state index in [0.29, 0.717) is 13.2 Å². The van der Waals surface area contributed by atoms with Gasteiger partial charge in [0, 0.05) is 20.3 Å². The quantitative estimate of drug-likeness (QED) is 0.470. The third-order valence-corrected chi connectivity index (χ3v) is 1.63. The topological polar surface area (TPSA) is 78.8 Å². The van der Waals surface area contributed by atoms with Crippen LogP contribution in [0, 0.1) is 0 Å². The maximum atomic E-state index is 10.4. The number of hydrogen-bond acceptors (Lipinski definition) is 4. The largest absolute Gasteiger partial charge is 0.479 e. The van der Waals surface area contributed by atoms with Crippen LogP contribution in [0.25, 0.3) is 0 Å². The fourth-order valence-corrected chi connectivity index (χ4v) is 0.749. The maximum absolute atomic E-state index is 10.4. The summed E-state index contributed by atoms with van der Waals surface area (Å²) in [5.41, 5.74) is -1.69. The molecule has 5 nitrogen and oxygen atoms in total. The van der Waals surface area contributed by atoms with Crippen LogP contribution in [0.15, 0.2) is 0 Å². The highest BCUT2D eigenvalue weighted by atomic mass is 16.5. The average molecular weight is 191 g/mol. The second kappa shape index (κ2) is 5.90. The Balaban J connectivity index is 3.46. The van der Waals surface area contributed by atoms with Gasteiger partial charge in [-0.05, 0) is 19.9 Å². The molecule has 1 unspecified atom stereocenters. The van der Waals surface area contributed by atoms with E-state index in [-0.39, 0.29) is 6.54 Å². The summed E-state index contributed by atoms with van der Waals surface area (Å²) >= 11 is 0. The average Bonchev–Trinajstić information content (AvgIpc) is 2.03. The van der Waals surface area contributed by atoms with Crippen LogP contribution in [-0.2, 0) is 9.53 Å². The van der Waals surface area contributed by atoms with Gasteiger partial charge in [0.2, 0.25) is 0 Å². The molecule has 1 atom stereocenters. The lowest BCUT2D eigenvalue weighted by Crippen LogP contribution is -2.45. The highest BCUT2D eigenvalue weighted by molar-refractivity contribution is 5.76. The molecule has 78 valence electrons. The van der Waals surface area contributed by atoms with Crippen molar-refractivity contribution < 1.29 is 19.7 Å². The molecule has 0 aromatic rings. The number of aliphatic carboxylic acids is 1. The van der Waals surface area contributed by atoms with Crippen molar-refractivity contribution in [3.63, 3.8) is 0 Å². The molecule has 0 spiro atoms. The summed E-state index contributed by atoms with van der Waals surface area (Å²) in [5.74, 6) is -1.22. The van der Waals surface area contributed by atoms with Crippen molar-refractivity contribution in [2.24, 2.45) is 0 Å². The molecule has 0 saturated heterocycles. The molecular formula is C8H17NO4. The lowest BCUT2D eigenvalue weighted by Gasteiger charge is -2.18. The minimum atomic E-state index is -1.69. The lowest BCUT2D eigenvalue weighted by atomic mass is 10.1. The van der Waals surface area contributed by atoms with Crippen LogP contribution in [0.5, 0.6) is 0 Å². The van der Waals surface area contributed by atoms with Gasteiger partial charge in [-0.25, -0.2) is 4.79 Å². The fourth-order valence-electron chi connectivity index (χ4n) is 0.749. The normalized spacial score (nSPS) is 15.3.